The van der Waals surface area contributed by atoms with Crippen LogP contribution in [0.25, 0.3) is 0 Å². The van der Waals surface area contributed by atoms with Gasteiger partial charge in [0.25, 0.3) is 0 Å². The minimum absolute atomic E-state index is 0.142. The van der Waals surface area contributed by atoms with Gasteiger partial charge < -0.3 is 19.3 Å². The van der Waals surface area contributed by atoms with Gasteiger partial charge in [0.05, 0.1) is 39.6 Å². The fourth-order valence-electron chi connectivity index (χ4n) is 2.02. The molecule has 0 radical (unpaired) electrons. The molecule has 1 aliphatic rings. The molecule has 7 heteroatoms. The number of hydrogen-bond donors (Lipinski definition) is 1. The van der Waals surface area contributed by atoms with E-state index in [0.29, 0.717) is 33.0 Å². The molecule has 0 aromatic rings. The van der Waals surface area contributed by atoms with Gasteiger partial charge in [0, 0.05) is 39.8 Å². The highest BCUT2D eigenvalue weighted by Crippen LogP contribution is 2.00. The molecule has 7 nitrogen and oxygen atoms in total. The highest BCUT2D eigenvalue weighted by atomic mass is 16.5. The van der Waals surface area contributed by atoms with Gasteiger partial charge in [-0.05, 0) is 0 Å². The minimum atomic E-state index is -0.754. The molecule has 0 spiro atoms. The lowest BCUT2D eigenvalue weighted by Crippen LogP contribution is -2.48. The Labute approximate surface area is 120 Å². The Balaban J connectivity index is 1.90. The van der Waals surface area contributed by atoms with Gasteiger partial charge in [0.15, 0.2) is 0 Å². The minimum Gasteiger partial charge on any atom is -0.480 e. The van der Waals surface area contributed by atoms with Crippen LogP contribution in [-0.2, 0) is 19.0 Å². The first-order valence-electron chi connectivity index (χ1n) is 7.03. The molecule has 1 aliphatic heterocycles. The Morgan fingerprint density at radius 1 is 0.950 bits per heavy atom. The van der Waals surface area contributed by atoms with Crippen molar-refractivity contribution in [1.82, 2.24) is 9.80 Å². The fraction of sp³-hybridized carbons (Fsp3) is 0.923. The molecule has 1 N–H and O–H groups in total. The third-order valence-electron chi connectivity index (χ3n) is 3.18. The summed E-state index contributed by atoms with van der Waals surface area (Å²) in [5.74, 6) is -0.754. The van der Waals surface area contributed by atoms with Crippen LogP contribution in [0.4, 0.5) is 0 Å². The standard InChI is InChI=1S/C13H26N2O5/c1-18-8-9-20-11-10-19-7-6-14-2-4-15(5-3-14)12-13(16)17/h2-12H2,1H3,(H,16,17). The number of methoxy groups -OCH3 is 1. The van der Waals surface area contributed by atoms with E-state index in [1.807, 2.05) is 4.90 Å². The van der Waals surface area contributed by atoms with Crippen LogP contribution in [-0.4, -0.2) is 100 Å². The molecule has 0 atom stereocenters. The van der Waals surface area contributed by atoms with Crippen molar-refractivity contribution in [2.75, 3.05) is 79.4 Å². The molecule has 0 amide bonds. The van der Waals surface area contributed by atoms with E-state index in [2.05, 4.69) is 4.90 Å². The predicted molar refractivity (Wildman–Crippen MR) is 74.0 cm³/mol. The Morgan fingerprint density at radius 3 is 2.10 bits per heavy atom. The number of carboxylic acid groups (broad SMARTS) is 1. The maximum atomic E-state index is 10.6. The molecule has 0 bridgehead atoms. The molecule has 0 saturated carbocycles. The molecule has 1 rings (SSSR count). The molecule has 20 heavy (non-hydrogen) atoms. The van der Waals surface area contributed by atoms with Crippen molar-refractivity contribution in [3.8, 4) is 0 Å². The summed E-state index contributed by atoms with van der Waals surface area (Å²) in [5.41, 5.74) is 0. The lowest BCUT2D eigenvalue weighted by Gasteiger charge is -2.33. The molecule has 0 aromatic heterocycles. The van der Waals surface area contributed by atoms with Gasteiger partial charge >= 0.3 is 5.97 Å². The van der Waals surface area contributed by atoms with Gasteiger partial charge in [-0.15, -0.1) is 0 Å². The number of ether oxygens (including phenoxy) is 3. The first kappa shape index (κ1) is 17.3. The van der Waals surface area contributed by atoms with E-state index in [1.165, 1.54) is 0 Å². The van der Waals surface area contributed by atoms with E-state index < -0.39 is 5.97 Å². The van der Waals surface area contributed by atoms with E-state index in [-0.39, 0.29) is 6.54 Å². The second-order valence-corrected chi connectivity index (χ2v) is 4.73. The van der Waals surface area contributed by atoms with Crippen LogP contribution in [0.1, 0.15) is 0 Å². The fourth-order valence-corrected chi connectivity index (χ4v) is 2.02. The van der Waals surface area contributed by atoms with Gasteiger partial charge in [-0.25, -0.2) is 0 Å². The zero-order chi connectivity index (χ0) is 14.6. The van der Waals surface area contributed by atoms with Crippen LogP contribution < -0.4 is 0 Å². The van der Waals surface area contributed by atoms with Crippen LogP contribution in [0.5, 0.6) is 0 Å². The van der Waals surface area contributed by atoms with Crippen molar-refractivity contribution >= 4 is 5.97 Å². The Morgan fingerprint density at radius 2 is 1.50 bits per heavy atom. The average Bonchev–Trinajstić information content (AvgIpc) is 2.43. The summed E-state index contributed by atoms with van der Waals surface area (Å²) in [5, 5.41) is 8.71. The number of hydrogen-bond acceptors (Lipinski definition) is 6. The number of carbonyl (C=O) groups is 1. The summed E-state index contributed by atoms with van der Waals surface area (Å²) in [7, 11) is 1.65. The molecular weight excluding hydrogens is 264 g/mol. The Bertz CT molecular complexity index is 257. The monoisotopic (exact) mass is 290 g/mol. The SMILES string of the molecule is COCCOCCOCCN1CCN(CC(=O)O)CC1. The van der Waals surface area contributed by atoms with Crippen LogP contribution in [0.2, 0.25) is 0 Å². The Hall–Kier alpha value is -0.730. The largest absolute Gasteiger partial charge is 0.480 e. The quantitative estimate of drug-likeness (QED) is 0.508. The number of aliphatic carboxylic acids is 1. The number of nitrogens with zero attached hydrogens (tertiary/aromatic N) is 2. The molecule has 1 saturated heterocycles. The van der Waals surface area contributed by atoms with Gasteiger partial charge in [0.1, 0.15) is 0 Å². The molecule has 1 fully saturated rings. The summed E-state index contributed by atoms with van der Waals surface area (Å²) in [6.07, 6.45) is 0. The third-order valence-corrected chi connectivity index (χ3v) is 3.18. The van der Waals surface area contributed by atoms with Gasteiger partial charge in [0.2, 0.25) is 0 Å². The van der Waals surface area contributed by atoms with Gasteiger partial charge in [-0.3, -0.25) is 14.6 Å². The van der Waals surface area contributed by atoms with Crippen molar-refractivity contribution in [1.29, 1.82) is 0 Å². The molecule has 118 valence electrons. The van der Waals surface area contributed by atoms with Gasteiger partial charge in [-0.2, -0.15) is 0 Å². The number of carboxylic acids is 1. The normalized spacial score (nSPS) is 17.4. The summed E-state index contributed by atoms with van der Waals surface area (Å²) in [4.78, 5) is 14.8. The second kappa shape index (κ2) is 11.0. The molecular formula is C13H26N2O5. The van der Waals surface area contributed by atoms with E-state index in [4.69, 9.17) is 19.3 Å². The average molecular weight is 290 g/mol. The molecule has 0 unspecified atom stereocenters. The second-order valence-electron chi connectivity index (χ2n) is 4.73. The topological polar surface area (TPSA) is 71.5 Å². The van der Waals surface area contributed by atoms with Crippen LogP contribution in [0, 0.1) is 0 Å². The van der Waals surface area contributed by atoms with Crippen LogP contribution >= 0.6 is 0 Å². The van der Waals surface area contributed by atoms with E-state index in [9.17, 15) is 4.79 Å². The lowest BCUT2D eigenvalue weighted by atomic mass is 10.3. The van der Waals surface area contributed by atoms with Gasteiger partial charge in [-0.1, -0.05) is 0 Å². The summed E-state index contributed by atoms with van der Waals surface area (Å²) >= 11 is 0. The summed E-state index contributed by atoms with van der Waals surface area (Å²) in [6.45, 7) is 7.56. The molecule has 1 heterocycles. The zero-order valence-electron chi connectivity index (χ0n) is 12.3. The maximum Gasteiger partial charge on any atom is 0.317 e. The highest BCUT2D eigenvalue weighted by Gasteiger charge is 2.17. The predicted octanol–water partition coefficient (Wildman–Crippen LogP) is -0.632. The zero-order valence-corrected chi connectivity index (χ0v) is 12.3. The maximum absolute atomic E-state index is 10.6. The third kappa shape index (κ3) is 8.44. The van der Waals surface area contributed by atoms with E-state index in [1.54, 1.807) is 7.11 Å². The van der Waals surface area contributed by atoms with Crippen molar-refractivity contribution in [2.24, 2.45) is 0 Å². The molecule has 0 aliphatic carbocycles. The smallest absolute Gasteiger partial charge is 0.317 e. The first-order valence-corrected chi connectivity index (χ1v) is 7.03. The summed E-state index contributed by atoms with van der Waals surface area (Å²) in [6, 6.07) is 0. The van der Waals surface area contributed by atoms with E-state index >= 15 is 0 Å². The van der Waals surface area contributed by atoms with Crippen molar-refractivity contribution < 1.29 is 24.1 Å². The first-order chi connectivity index (χ1) is 9.72. The lowest BCUT2D eigenvalue weighted by molar-refractivity contribution is -0.138. The van der Waals surface area contributed by atoms with Crippen molar-refractivity contribution in [3.05, 3.63) is 0 Å². The summed E-state index contributed by atoms with van der Waals surface area (Å²) < 4.78 is 15.7. The number of rotatable bonds is 11. The molecule has 0 aromatic carbocycles. The highest BCUT2D eigenvalue weighted by molar-refractivity contribution is 5.69. The number of piperazine rings is 1. The van der Waals surface area contributed by atoms with Crippen LogP contribution in [0.3, 0.4) is 0 Å². The van der Waals surface area contributed by atoms with Crippen LogP contribution in [0.15, 0.2) is 0 Å². The van der Waals surface area contributed by atoms with E-state index in [0.717, 1.165) is 32.7 Å². The Kier molecular flexibility index (Phi) is 9.52. The van der Waals surface area contributed by atoms with Crippen molar-refractivity contribution in [2.45, 2.75) is 0 Å². The van der Waals surface area contributed by atoms with Crippen molar-refractivity contribution in [3.63, 3.8) is 0 Å².